The Labute approximate surface area is 132 Å². The van der Waals surface area contributed by atoms with Gasteiger partial charge in [0.1, 0.15) is 0 Å². The number of hydrogen-bond acceptors (Lipinski definition) is 2. The van der Waals surface area contributed by atoms with Gasteiger partial charge in [-0.1, -0.05) is 43.9 Å². The van der Waals surface area contributed by atoms with Crippen molar-refractivity contribution in [1.82, 2.24) is 5.32 Å². The number of carbonyl (C=O) groups is 2. The first-order valence-corrected chi connectivity index (χ1v) is 8.29. The van der Waals surface area contributed by atoms with Crippen LogP contribution in [0.1, 0.15) is 51.9 Å². The Balaban J connectivity index is 1.84. The highest BCUT2D eigenvalue weighted by molar-refractivity contribution is 5.92. The molecule has 0 unspecified atom stereocenters. The summed E-state index contributed by atoms with van der Waals surface area (Å²) in [6.07, 6.45) is 7.48. The number of amides is 2. The number of anilines is 1. The first-order valence-electron chi connectivity index (χ1n) is 8.29. The summed E-state index contributed by atoms with van der Waals surface area (Å²) in [5.74, 6) is 0.0162. The second-order valence-electron chi connectivity index (χ2n) is 6.01. The number of nitrogens with one attached hydrogen (secondary N) is 1. The lowest BCUT2D eigenvalue weighted by Gasteiger charge is -2.22. The molecule has 1 aliphatic rings. The van der Waals surface area contributed by atoms with Crippen molar-refractivity contribution in [1.29, 1.82) is 0 Å². The van der Waals surface area contributed by atoms with E-state index in [-0.39, 0.29) is 11.8 Å². The van der Waals surface area contributed by atoms with Crippen LogP contribution in [0.25, 0.3) is 0 Å². The van der Waals surface area contributed by atoms with Gasteiger partial charge in [-0.15, -0.1) is 0 Å². The predicted octanol–water partition coefficient (Wildman–Crippen LogP) is 3.27. The lowest BCUT2D eigenvalue weighted by atomic mass is 10.1. The van der Waals surface area contributed by atoms with Gasteiger partial charge in [-0.25, -0.2) is 0 Å². The van der Waals surface area contributed by atoms with Gasteiger partial charge in [0.25, 0.3) is 0 Å². The Morgan fingerprint density at radius 2 is 1.73 bits per heavy atom. The van der Waals surface area contributed by atoms with Gasteiger partial charge in [-0.05, 0) is 25.0 Å². The average molecular weight is 302 g/mol. The van der Waals surface area contributed by atoms with E-state index in [4.69, 9.17) is 0 Å². The van der Waals surface area contributed by atoms with Crippen molar-refractivity contribution in [3.63, 3.8) is 0 Å². The lowest BCUT2D eigenvalue weighted by molar-refractivity contribution is -0.121. The molecule has 4 heteroatoms. The topological polar surface area (TPSA) is 49.4 Å². The van der Waals surface area contributed by atoms with Gasteiger partial charge in [0.2, 0.25) is 11.8 Å². The fraction of sp³-hybridized carbons (Fsp3) is 0.556. The molecule has 1 aliphatic carbocycles. The number of hydrogen-bond donors (Lipinski definition) is 1. The number of benzene rings is 1. The molecule has 4 nitrogen and oxygen atoms in total. The summed E-state index contributed by atoms with van der Waals surface area (Å²) in [4.78, 5) is 25.6. The van der Waals surface area contributed by atoms with Crippen LogP contribution in [-0.4, -0.2) is 24.4 Å². The summed E-state index contributed by atoms with van der Waals surface area (Å²) in [6, 6.07) is 9.82. The summed E-state index contributed by atoms with van der Waals surface area (Å²) in [5, 5.41) is 3.13. The summed E-state index contributed by atoms with van der Waals surface area (Å²) >= 11 is 0. The summed E-state index contributed by atoms with van der Waals surface area (Å²) in [6.45, 7) is 1.97. The van der Waals surface area contributed by atoms with Gasteiger partial charge in [0, 0.05) is 31.6 Å². The van der Waals surface area contributed by atoms with E-state index in [0.717, 1.165) is 18.5 Å². The van der Waals surface area contributed by atoms with Gasteiger partial charge in [0.15, 0.2) is 0 Å². The third-order valence-corrected chi connectivity index (χ3v) is 4.23. The molecular weight excluding hydrogens is 276 g/mol. The Kier molecular flexibility index (Phi) is 6.44. The molecule has 0 saturated heterocycles. The van der Waals surface area contributed by atoms with Crippen LogP contribution in [0.15, 0.2) is 30.3 Å². The number of para-hydroxylation sites is 1. The molecule has 1 N–H and O–H groups in total. The van der Waals surface area contributed by atoms with Gasteiger partial charge < -0.3 is 10.2 Å². The van der Waals surface area contributed by atoms with E-state index in [1.54, 1.807) is 4.90 Å². The van der Waals surface area contributed by atoms with Crippen LogP contribution in [0.2, 0.25) is 0 Å². The molecule has 120 valence electrons. The molecule has 22 heavy (non-hydrogen) atoms. The molecule has 2 rings (SSSR count). The van der Waals surface area contributed by atoms with Gasteiger partial charge >= 0.3 is 0 Å². The minimum Gasteiger partial charge on any atom is -0.353 e. The smallest absolute Gasteiger partial charge is 0.223 e. The SMILES string of the molecule is CC(=O)N(CCC(=O)NC1CCCCCC1)c1ccccc1. The zero-order valence-electron chi connectivity index (χ0n) is 13.4. The van der Waals surface area contributed by atoms with Crippen molar-refractivity contribution in [3.8, 4) is 0 Å². The molecule has 0 heterocycles. The highest BCUT2D eigenvalue weighted by Crippen LogP contribution is 2.17. The van der Waals surface area contributed by atoms with Crippen molar-refractivity contribution < 1.29 is 9.59 Å². The Morgan fingerprint density at radius 3 is 2.32 bits per heavy atom. The number of rotatable bonds is 5. The van der Waals surface area contributed by atoms with Gasteiger partial charge in [-0.3, -0.25) is 9.59 Å². The van der Waals surface area contributed by atoms with Gasteiger partial charge in [-0.2, -0.15) is 0 Å². The zero-order chi connectivity index (χ0) is 15.8. The van der Waals surface area contributed by atoms with Crippen molar-refractivity contribution in [3.05, 3.63) is 30.3 Å². The van der Waals surface area contributed by atoms with E-state index >= 15 is 0 Å². The molecule has 0 aromatic heterocycles. The van der Waals surface area contributed by atoms with Crippen LogP contribution in [0.5, 0.6) is 0 Å². The van der Waals surface area contributed by atoms with Crippen LogP contribution in [0, 0.1) is 0 Å². The van der Waals surface area contributed by atoms with E-state index in [1.165, 1.54) is 32.6 Å². The van der Waals surface area contributed by atoms with Crippen LogP contribution in [-0.2, 0) is 9.59 Å². The highest BCUT2D eigenvalue weighted by atomic mass is 16.2. The third kappa shape index (κ3) is 5.17. The standard InChI is InChI=1S/C18H26N2O2/c1-15(21)20(17-11-7-4-8-12-17)14-13-18(22)19-16-9-5-2-3-6-10-16/h4,7-8,11-12,16H,2-3,5-6,9-10,13-14H2,1H3,(H,19,22). The predicted molar refractivity (Wildman–Crippen MR) is 88.7 cm³/mol. The molecule has 0 spiro atoms. The van der Waals surface area contributed by atoms with E-state index in [9.17, 15) is 9.59 Å². The third-order valence-electron chi connectivity index (χ3n) is 4.23. The summed E-state index contributed by atoms with van der Waals surface area (Å²) in [7, 11) is 0. The minimum absolute atomic E-state index is 0.0338. The highest BCUT2D eigenvalue weighted by Gasteiger charge is 2.17. The van der Waals surface area contributed by atoms with E-state index in [0.29, 0.717) is 19.0 Å². The van der Waals surface area contributed by atoms with E-state index in [2.05, 4.69) is 5.32 Å². The first-order chi connectivity index (χ1) is 10.7. The second kappa shape index (κ2) is 8.57. The molecule has 0 aliphatic heterocycles. The molecule has 1 aromatic rings. The Morgan fingerprint density at radius 1 is 1.09 bits per heavy atom. The summed E-state index contributed by atoms with van der Waals surface area (Å²) in [5.41, 5.74) is 0.845. The van der Waals surface area contributed by atoms with E-state index in [1.807, 2.05) is 30.3 Å². The van der Waals surface area contributed by atoms with Crippen LogP contribution in [0.4, 0.5) is 5.69 Å². The molecule has 0 bridgehead atoms. The molecule has 2 amide bonds. The first kappa shape index (κ1) is 16.5. The molecule has 0 radical (unpaired) electrons. The van der Waals surface area contributed by atoms with Crippen molar-refractivity contribution in [2.45, 2.75) is 57.9 Å². The Hall–Kier alpha value is -1.84. The lowest BCUT2D eigenvalue weighted by Crippen LogP contribution is -2.38. The van der Waals surface area contributed by atoms with Crippen molar-refractivity contribution in [2.24, 2.45) is 0 Å². The normalized spacial score (nSPS) is 15.9. The molecule has 1 aromatic carbocycles. The maximum atomic E-state index is 12.1. The monoisotopic (exact) mass is 302 g/mol. The average Bonchev–Trinajstić information content (AvgIpc) is 2.77. The van der Waals surface area contributed by atoms with Gasteiger partial charge in [0.05, 0.1) is 0 Å². The molecule has 1 fully saturated rings. The Bertz CT molecular complexity index is 479. The van der Waals surface area contributed by atoms with Crippen LogP contribution in [0.3, 0.4) is 0 Å². The van der Waals surface area contributed by atoms with Crippen molar-refractivity contribution >= 4 is 17.5 Å². The molecule has 0 atom stereocenters. The quantitative estimate of drug-likeness (QED) is 0.849. The van der Waals surface area contributed by atoms with E-state index < -0.39 is 0 Å². The second-order valence-corrected chi connectivity index (χ2v) is 6.01. The summed E-state index contributed by atoms with van der Waals surface area (Å²) < 4.78 is 0. The van der Waals surface area contributed by atoms with Crippen LogP contribution >= 0.6 is 0 Å². The zero-order valence-corrected chi connectivity index (χ0v) is 13.4. The van der Waals surface area contributed by atoms with Crippen LogP contribution < -0.4 is 10.2 Å². The maximum absolute atomic E-state index is 12.1. The minimum atomic E-state index is -0.0338. The van der Waals surface area contributed by atoms with Crippen molar-refractivity contribution in [2.75, 3.05) is 11.4 Å². The number of carbonyl (C=O) groups excluding carboxylic acids is 2. The fourth-order valence-electron chi connectivity index (χ4n) is 3.01. The largest absolute Gasteiger partial charge is 0.353 e. The molecule has 1 saturated carbocycles. The fourth-order valence-corrected chi connectivity index (χ4v) is 3.01. The molecular formula is C18H26N2O2. The maximum Gasteiger partial charge on any atom is 0.223 e. The number of nitrogens with zero attached hydrogens (tertiary/aromatic N) is 1.